The number of carbonyl (C=O) groups is 1. The first-order valence-corrected chi connectivity index (χ1v) is 11.4. The molecule has 1 N–H and O–H groups in total. The number of thioether (sulfide) groups is 2. The summed E-state index contributed by atoms with van der Waals surface area (Å²) in [5.41, 5.74) is 0.751. The Hall–Kier alpha value is -1.01. The van der Waals surface area contributed by atoms with Crippen LogP contribution in [0.1, 0.15) is 32.1 Å². The van der Waals surface area contributed by atoms with E-state index in [0.717, 1.165) is 18.5 Å². The van der Waals surface area contributed by atoms with E-state index in [1.54, 1.807) is 14.2 Å². The summed E-state index contributed by atoms with van der Waals surface area (Å²) in [6.45, 7) is 0. The van der Waals surface area contributed by atoms with Crippen molar-refractivity contribution in [2.75, 3.05) is 31.0 Å². The summed E-state index contributed by atoms with van der Waals surface area (Å²) in [6, 6.07) is 5.53. The highest BCUT2D eigenvalue weighted by molar-refractivity contribution is 8.21. The van der Waals surface area contributed by atoms with Gasteiger partial charge in [-0.15, -0.1) is 23.5 Å². The lowest BCUT2D eigenvalue weighted by atomic mass is 9.67. The number of carbonyl (C=O) groups excluding carboxylic acids is 1. The first kappa shape index (κ1) is 18.4. The number of anilines is 1. The predicted molar refractivity (Wildman–Crippen MR) is 109 cm³/mol. The second-order valence-corrected chi connectivity index (χ2v) is 10.5. The first-order chi connectivity index (χ1) is 12.6. The number of ether oxygens (including phenoxy) is 2. The van der Waals surface area contributed by atoms with E-state index in [0.29, 0.717) is 27.4 Å². The van der Waals surface area contributed by atoms with E-state index in [9.17, 15) is 4.79 Å². The lowest BCUT2D eigenvalue weighted by molar-refractivity contribution is -0.122. The van der Waals surface area contributed by atoms with Crippen molar-refractivity contribution >= 4 is 35.1 Å². The van der Waals surface area contributed by atoms with Crippen LogP contribution in [0.5, 0.6) is 11.5 Å². The van der Waals surface area contributed by atoms with Crippen LogP contribution < -0.4 is 14.8 Å². The monoisotopic (exact) mass is 393 g/mol. The van der Waals surface area contributed by atoms with Crippen LogP contribution in [0.2, 0.25) is 0 Å². The molecule has 0 aromatic heterocycles. The fourth-order valence-corrected chi connectivity index (χ4v) is 8.88. The van der Waals surface area contributed by atoms with E-state index in [1.165, 1.54) is 30.8 Å². The average molecular weight is 394 g/mol. The Labute approximate surface area is 164 Å². The van der Waals surface area contributed by atoms with E-state index >= 15 is 0 Å². The van der Waals surface area contributed by atoms with Crippen LogP contribution in [-0.4, -0.2) is 35.7 Å². The normalized spacial score (nSPS) is 29.4. The van der Waals surface area contributed by atoms with Gasteiger partial charge in [-0.3, -0.25) is 4.79 Å². The summed E-state index contributed by atoms with van der Waals surface area (Å²) < 4.78 is 11.0. The van der Waals surface area contributed by atoms with Gasteiger partial charge in [0.2, 0.25) is 5.91 Å². The van der Waals surface area contributed by atoms with Gasteiger partial charge in [-0.25, -0.2) is 0 Å². The molecule has 2 aliphatic carbocycles. The van der Waals surface area contributed by atoms with Crippen molar-refractivity contribution in [3.05, 3.63) is 18.2 Å². The van der Waals surface area contributed by atoms with Gasteiger partial charge in [-0.2, -0.15) is 0 Å². The molecule has 6 heteroatoms. The number of nitrogens with one attached hydrogen (secondary N) is 1. The fourth-order valence-electron chi connectivity index (χ4n) is 4.95. The number of hydrogen-bond acceptors (Lipinski definition) is 5. The summed E-state index contributed by atoms with van der Waals surface area (Å²) in [7, 11) is 3.25. The molecule has 4 rings (SSSR count). The molecule has 26 heavy (non-hydrogen) atoms. The van der Waals surface area contributed by atoms with E-state index in [2.05, 4.69) is 28.8 Å². The summed E-state index contributed by atoms with van der Waals surface area (Å²) in [4.78, 5) is 13.0. The Kier molecular flexibility index (Phi) is 5.33. The van der Waals surface area contributed by atoms with Crippen molar-refractivity contribution in [1.82, 2.24) is 0 Å². The Morgan fingerprint density at radius 2 is 1.62 bits per heavy atom. The van der Waals surface area contributed by atoms with Gasteiger partial charge in [-0.1, -0.05) is 6.42 Å². The molecule has 4 nitrogen and oxygen atoms in total. The standard InChI is InChI=1S/C20H27NO3S2/c1-23-17-10-16(11-18(12-17)24-2)21-19(22)13-8-14-4-3-5-15(9-13)20(14)25-6-7-26-20/h10-15H,3-9H2,1-2H3,(H,21,22)/t14-,15-/m1/s1. The van der Waals surface area contributed by atoms with Crippen LogP contribution in [0, 0.1) is 17.8 Å². The maximum absolute atomic E-state index is 13.0. The van der Waals surface area contributed by atoms with Gasteiger partial charge in [0, 0.05) is 41.3 Å². The molecule has 2 atom stereocenters. The maximum atomic E-state index is 13.0. The second-order valence-electron chi connectivity index (χ2n) is 7.50. The van der Waals surface area contributed by atoms with Crippen molar-refractivity contribution in [1.29, 1.82) is 0 Å². The Balaban J connectivity index is 1.48. The van der Waals surface area contributed by atoms with E-state index < -0.39 is 0 Å². The predicted octanol–water partition coefficient (Wildman–Crippen LogP) is 4.64. The molecule has 3 aliphatic rings. The van der Waals surface area contributed by atoms with Gasteiger partial charge in [0.05, 0.1) is 18.3 Å². The van der Waals surface area contributed by atoms with Gasteiger partial charge < -0.3 is 14.8 Å². The Bertz CT molecular complexity index is 637. The van der Waals surface area contributed by atoms with Gasteiger partial charge in [0.15, 0.2) is 0 Å². The SMILES string of the molecule is COc1cc(NC(=O)C2C[C@H]3CCC[C@H](C2)C32SCCS2)cc(OC)c1. The van der Waals surface area contributed by atoms with E-state index in [1.807, 2.05) is 18.2 Å². The van der Waals surface area contributed by atoms with Crippen LogP contribution in [0.4, 0.5) is 5.69 Å². The molecular weight excluding hydrogens is 366 g/mol. The van der Waals surface area contributed by atoms with Crippen molar-refractivity contribution in [2.45, 2.75) is 36.2 Å². The molecule has 3 fully saturated rings. The zero-order valence-corrected chi connectivity index (χ0v) is 17.1. The molecular formula is C20H27NO3S2. The molecule has 2 bridgehead atoms. The highest BCUT2D eigenvalue weighted by Gasteiger charge is 2.55. The number of hydrogen-bond donors (Lipinski definition) is 1. The third-order valence-electron chi connectivity index (χ3n) is 6.11. The third-order valence-corrected chi connectivity index (χ3v) is 10.1. The van der Waals surface area contributed by atoms with Crippen LogP contribution in [0.3, 0.4) is 0 Å². The lowest BCUT2D eigenvalue weighted by Crippen LogP contribution is -2.48. The maximum Gasteiger partial charge on any atom is 0.227 e. The molecule has 1 amide bonds. The molecule has 1 heterocycles. The molecule has 0 radical (unpaired) electrons. The molecule has 1 aliphatic heterocycles. The molecule has 1 aromatic rings. The zero-order valence-electron chi connectivity index (χ0n) is 15.5. The Morgan fingerprint density at radius 3 is 2.15 bits per heavy atom. The zero-order chi connectivity index (χ0) is 18.1. The van der Waals surface area contributed by atoms with Crippen molar-refractivity contribution in [2.24, 2.45) is 17.8 Å². The largest absolute Gasteiger partial charge is 0.497 e. The molecule has 1 saturated heterocycles. The first-order valence-electron chi connectivity index (χ1n) is 9.46. The second kappa shape index (κ2) is 7.55. The highest BCUT2D eigenvalue weighted by Crippen LogP contribution is 2.64. The number of benzene rings is 1. The minimum atomic E-state index is 0.120. The minimum absolute atomic E-state index is 0.120. The molecule has 1 aromatic carbocycles. The molecule has 142 valence electrons. The number of methoxy groups -OCH3 is 2. The average Bonchev–Trinajstić information content (AvgIpc) is 3.10. The number of amides is 1. The number of rotatable bonds is 4. The van der Waals surface area contributed by atoms with Crippen LogP contribution >= 0.6 is 23.5 Å². The van der Waals surface area contributed by atoms with Crippen molar-refractivity contribution in [3.63, 3.8) is 0 Å². The van der Waals surface area contributed by atoms with Crippen molar-refractivity contribution in [3.8, 4) is 11.5 Å². The van der Waals surface area contributed by atoms with Gasteiger partial charge in [-0.05, 0) is 37.5 Å². The lowest BCUT2D eigenvalue weighted by Gasteiger charge is -2.52. The quantitative estimate of drug-likeness (QED) is 0.807. The third kappa shape index (κ3) is 3.31. The summed E-state index contributed by atoms with van der Waals surface area (Å²) >= 11 is 4.37. The van der Waals surface area contributed by atoms with Crippen LogP contribution in [-0.2, 0) is 4.79 Å². The minimum Gasteiger partial charge on any atom is -0.497 e. The van der Waals surface area contributed by atoms with Gasteiger partial charge in [0.25, 0.3) is 0 Å². The molecule has 0 unspecified atom stereocenters. The summed E-state index contributed by atoms with van der Waals surface area (Å²) in [5, 5.41) is 3.12. The highest BCUT2D eigenvalue weighted by atomic mass is 32.2. The Morgan fingerprint density at radius 1 is 1.04 bits per heavy atom. The topological polar surface area (TPSA) is 47.6 Å². The molecule has 2 saturated carbocycles. The van der Waals surface area contributed by atoms with Crippen LogP contribution in [0.15, 0.2) is 18.2 Å². The van der Waals surface area contributed by atoms with E-state index in [4.69, 9.17) is 9.47 Å². The smallest absolute Gasteiger partial charge is 0.227 e. The van der Waals surface area contributed by atoms with Crippen LogP contribution in [0.25, 0.3) is 0 Å². The van der Waals surface area contributed by atoms with E-state index in [-0.39, 0.29) is 11.8 Å². The van der Waals surface area contributed by atoms with Crippen molar-refractivity contribution < 1.29 is 14.3 Å². The van der Waals surface area contributed by atoms with Gasteiger partial charge in [0.1, 0.15) is 11.5 Å². The fraction of sp³-hybridized carbons (Fsp3) is 0.650. The van der Waals surface area contributed by atoms with Gasteiger partial charge >= 0.3 is 0 Å². The molecule has 1 spiro atoms. The summed E-state index contributed by atoms with van der Waals surface area (Å²) in [5.74, 6) is 5.58. The summed E-state index contributed by atoms with van der Waals surface area (Å²) in [6.07, 6.45) is 5.97.